The zero-order valence-electron chi connectivity index (χ0n) is 19.1. The summed E-state index contributed by atoms with van der Waals surface area (Å²) in [6, 6.07) is 8.15. The third-order valence-corrected chi connectivity index (χ3v) is 6.95. The van der Waals surface area contributed by atoms with E-state index in [1.807, 2.05) is 0 Å². The maximum Gasteiger partial charge on any atom is 0.410 e. The van der Waals surface area contributed by atoms with Crippen molar-refractivity contribution >= 4 is 34.3 Å². The average Bonchev–Trinajstić information content (AvgIpc) is 3.52. The maximum absolute atomic E-state index is 13.1. The molecule has 0 spiro atoms. The molecular weight excluding hydrogens is 474 g/mol. The van der Waals surface area contributed by atoms with Gasteiger partial charge in [0.05, 0.1) is 32.1 Å². The molecule has 5 rings (SSSR count). The Kier molecular flexibility index (Phi) is 6.08. The number of ether oxygens (including phenoxy) is 3. The summed E-state index contributed by atoms with van der Waals surface area (Å²) < 4.78 is 21.0. The summed E-state index contributed by atoms with van der Waals surface area (Å²) in [4.78, 5) is 40.1. The van der Waals surface area contributed by atoms with Gasteiger partial charge in [0.1, 0.15) is 11.2 Å². The first kappa shape index (κ1) is 22.8. The van der Waals surface area contributed by atoms with Crippen molar-refractivity contribution in [3.05, 3.63) is 63.9 Å². The van der Waals surface area contributed by atoms with Crippen molar-refractivity contribution in [1.82, 2.24) is 10.2 Å². The van der Waals surface area contributed by atoms with Gasteiger partial charge in [0.2, 0.25) is 5.76 Å². The number of esters is 1. The molecule has 182 valence electrons. The zero-order valence-corrected chi connectivity index (χ0v) is 19.9. The highest BCUT2D eigenvalue weighted by Crippen LogP contribution is 2.41. The van der Waals surface area contributed by atoms with Gasteiger partial charge in [-0.25, -0.2) is 9.59 Å². The number of furan rings is 1. The standard InChI is InChI=1S/C24H23N3O7S/c1-3-32-24(30)27-9-8-14-18(12-27)35-22-19(14)21(28)25-20(26-22)13-6-7-15(17(11-13)31-2)34-23(29)16-5-4-10-33-16/h4-7,10-11,20,26H,3,8-9,12H2,1-2H3,(H,25,28)/t20-/m1/s1. The van der Waals surface area contributed by atoms with E-state index in [9.17, 15) is 14.4 Å². The summed E-state index contributed by atoms with van der Waals surface area (Å²) in [5.74, 6) is -0.187. The SMILES string of the molecule is CCOC(=O)N1CCc2c(sc3c2C(=O)N[C@@H](c2ccc(OC(=O)c4ccco4)c(OC)c2)N3)C1. The number of anilines is 1. The Balaban J connectivity index is 1.36. The number of nitrogens with one attached hydrogen (secondary N) is 2. The van der Waals surface area contributed by atoms with Gasteiger partial charge in [-0.1, -0.05) is 6.07 Å². The quantitative estimate of drug-likeness (QED) is 0.402. The predicted octanol–water partition coefficient (Wildman–Crippen LogP) is 3.94. The number of carbonyl (C=O) groups is 3. The van der Waals surface area contributed by atoms with Crippen LogP contribution in [0.3, 0.4) is 0 Å². The van der Waals surface area contributed by atoms with E-state index in [1.54, 1.807) is 36.1 Å². The van der Waals surface area contributed by atoms with Crippen LogP contribution in [-0.2, 0) is 17.7 Å². The van der Waals surface area contributed by atoms with E-state index in [-0.39, 0.29) is 23.5 Å². The van der Waals surface area contributed by atoms with Crippen LogP contribution in [0.2, 0.25) is 0 Å². The minimum absolute atomic E-state index is 0.0769. The van der Waals surface area contributed by atoms with Crippen LogP contribution in [0, 0.1) is 0 Å². The number of rotatable bonds is 5. The van der Waals surface area contributed by atoms with E-state index in [0.717, 1.165) is 21.0 Å². The second-order valence-electron chi connectivity index (χ2n) is 7.91. The molecule has 0 fully saturated rings. The molecule has 1 atom stereocenters. The molecule has 1 aromatic carbocycles. The molecule has 2 aromatic heterocycles. The fraction of sp³-hybridized carbons (Fsp3) is 0.292. The first-order valence-electron chi connectivity index (χ1n) is 11.1. The molecule has 0 saturated heterocycles. The predicted molar refractivity (Wildman–Crippen MR) is 126 cm³/mol. The van der Waals surface area contributed by atoms with Crippen LogP contribution in [0.1, 0.15) is 50.0 Å². The lowest BCUT2D eigenvalue weighted by atomic mass is 10.0. The highest BCUT2D eigenvalue weighted by atomic mass is 32.1. The van der Waals surface area contributed by atoms with Crippen LogP contribution in [0.5, 0.6) is 11.5 Å². The molecule has 0 aliphatic carbocycles. The Morgan fingerprint density at radius 3 is 2.83 bits per heavy atom. The molecule has 0 unspecified atom stereocenters. The Bertz CT molecular complexity index is 1280. The van der Waals surface area contributed by atoms with Gasteiger partial charge in [-0.15, -0.1) is 11.3 Å². The first-order chi connectivity index (χ1) is 17.0. The molecule has 10 nitrogen and oxygen atoms in total. The van der Waals surface area contributed by atoms with Crippen molar-refractivity contribution in [3.8, 4) is 11.5 Å². The molecular formula is C24H23N3O7S. The van der Waals surface area contributed by atoms with Crippen molar-refractivity contribution in [2.75, 3.05) is 25.6 Å². The van der Waals surface area contributed by atoms with Crippen molar-refractivity contribution in [2.45, 2.75) is 26.1 Å². The molecule has 35 heavy (non-hydrogen) atoms. The van der Waals surface area contributed by atoms with Crippen molar-refractivity contribution in [1.29, 1.82) is 0 Å². The van der Waals surface area contributed by atoms with Crippen LogP contribution in [0.15, 0.2) is 41.0 Å². The normalized spacial score (nSPS) is 16.5. The van der Waals surface area contributed by atoms with Gasteiger partial charge in [0.25, 0.3) is 5.91 Å². The summed E-state index contributed by atoms with van der Waals surface area (Å²) in [5.41, 5.74) is 2.31. The molecule has 0 radical (unpaired) electrons. The smallest absolute Gasteiger partial charge is 0.410 e. The summed E-state index contributed by atoms with van der Waals surface area (Å²) in [7, 11) is 1.47. The Hall–Kier alpha value is -3.99. The van der Waals surface area contributed by atoms with Gasteiger partial charge in [-0.05, 0) is 48.7 Å². The van der Waals surface area contributed by atoms with Crippen LogP contribution in [0.4, 0.5) is 9.80 Å². The zero-order chi connectivity index (χ0) is 24.5. The van der Waals surface area contributed by atoms with E-state index in [4.69, 9.17) is 18.6 Å². The number of fused-ring (bicyclic) bond motifs is 3. The van der Waals surface area contributed by atoms with E-state index in [0.29, 0.717) is 37.4 Å². The van der Waals surface area contributed by atoms with E-state index >= 15 is 0 Å². The van der Waals surface area contributed by atoms with Crippen LogP contribution < -0.4 is 20.1 Å². The van der Waals surface area contributed by atoms with Gasteiger partial charge < -0.3 is 34.2 Å². The number of carbonyl (C=O) groups excluding carboxylic acids is 3. The van der Waals surface area contributed by atoms with Gasteiger partial charge in [-0.2, -0.15) is 0 Å². The molecule has 3 aromatic rings. The minimum atomic E-state index is -0.643. The molecule has 2 amide bonds. The summed E-state index contributed by atoms with van der Waals surface area (Å²) in [6.45, 7) is 3.01. The van der Waals surface area contributed by atoms with Crippen LogP contribution in [0.25, 0.3) is 0 Å². The van der Waals surface area contributed by atoms with E-state index in [1.165, 1.54) is 30.8 Å². The highest BCUT2D eigenvalue weighted by Gasteiger charge is 2.34. The Labute approximate surface area is 204 Å². The second kappa shape index (κ2) is 9.34. The van der Waals surface area contributed by atoms with Crippen LogP contribution in [-0.4, -0.2) is 43.1 Å². The monoisotopic (exact) mass is 497 g/mol. The van der Waals surface area contributed by atoms with Crippen molar-refractivity contribution in [2.24, 2.45) is 0 Å². The molecule has 2 aliphatic rings. The topological polar surface area (TPSA) is 119 Å². The number of hydrogen-bond donors (Lipinski definition) is 2. The van der Waals surface area contributed by atoms with Crippen molar-refractivity contribution < 1.29 is 33.0 Å². The maximum atomic E-state index is 13.1. The molecule has 11 heteroatoms. The summed E-state index contributed by atoms with van der Waals surface area (Å²) in [6.07, 6.45) is 1.11. The van der Waals surface area contributed by atoms with Gasteiger partial charge in [0, 0.05) is 11.4 Å². The minimum Gasteiger partial charge on any atom is -0.493 e. The average molecular weight is 498 g/mol. The number of methoxy groups -OCH3 is 1. The highest BCUT2D eigenvalue weighted by molar-refractivity contribution is 7.16. The van der Waals surface area contributed by atoms with Gasteiger partial charge in [0.15, 0.2) is 11.5 Å². The Morgan fingerprint density at radius 2 is 2.09 bits per heavy atom. The van der Waals surface area contributed by atoms with Gasteiger partial charge >= 0.3 is 12.1 Å². The fourth-order valence-corrected chi connectivity index (χ4v) is 5.43. The lowest BCUT2D eigenvalue weighted by Crippen LogP contribution is -2.39. The molecule has 4 heterocycles. The van der Waals surface area contributed by atoms with E-state index < -0.39 is 12.1 Å². The molecule has 2 aliphatic heterocycles. The largest absolute Gasteiger partial charge is 0.493 e. The molecule has 0 bridgehead atoms. The second-order valence-corrected chi connectivity index (χ2v) is 9.01. The lowest BCUT2D eigenvalue weighted by molar-refractivity contribution is 0.0696. The summed E-state index contributed by atoms with van der Waals surface area (Å²) in [5, 5.41) is 7.12. The molecule has 0 saturated carbocycles. The number of thiophene rings is 1. The van der Waals surface area contributed by atoms with Gasteiger partial charge in [-0.3, -0.25) is 4.79 Å². The fourth-order valence-electron chi connectivity index (χ4n) is 4.15. The van der Waals surface area contributed by atoms with E-state index in [2.05, 4.69) is 10.6 Å². The number of nitrogens with zero attached hydrogens (tertiary/aromatic N) is 1. The molecule has 2 N–H and O–H groups in total. The summed E-state index contributed by atoms with van der Waals surface area (Å²) >= 11 is 1.47. The first-order valence-corrected chi connectivity index (χ1v) is 11.9. The number of benzene rings is 1. The Morgan fingerprint density at radius 1 is 1.23 bits per heavy atom. The third-order valence-electron chi connectivity index (χ3n) is 5.81. The van der Waals surface area contributed by atoms with Crippen LogP contribution >= 0.6 is 11.3 Å². The number of hydrogen-bond acceptors (Lipinski definition) is 9. The third kappa shape index (κ3) is 4.30. The lowest BCUT2D eigenvalue weighted by Gasteiger charge is -2.28. The van der Waals surface area contributed by atoms with Crippen molar-refractivity contribution in [3.63, 3.8) is 0 Å². The number of amides is 2.